The molecule has 0 bridgehead atoms. The number of hydrogen-bond donors (Lipinski definition) is 2. The molecule has 56 valence electrons. The van der Waals surface area contributed by atoms with E-state index in [0.717, 1.165) is 6.42 Å². The molecule has 0 aromatic carbocycles. The number of nitrogens with one attached hydrogen (secondary N) is 1. The van der Waals surface area contributed by atoms with Crippen LogP contribution in [-0.4, -0.2) is 12.1 Å². The lowest BCUT2D eigenvalue weighted by Crippen LogP contribution is -2.10. The van der Waals surface area contributed by atoms with E-state index in [1.165, 1.54) is 6.21 Å². The van der Waals surface area contributed by atoms with Crippen LogP contribution in [0.15, 0.2) is 16.2 Å². The second kappa shape index (κ2) is 4.99. The highest BCUT2D eigenvalue weighted by Gasteiger charge is 1.83. The van der Waals surface area contributed by atoms with E-state index in [9.17, 15) is 0 Å². The van der Waals surface area contributed by atoms with Crippen molar-refractivity contribution < 1.29 is 0 Å². The molecule has 0 heterocycles. The number of amidine groups is 1. The van der Waals surface area contributed by atoms with Crippen molar-refractivity contribution in [2.75, 3.05) is 0 Å². The Morgan fingerprint density at radius 2 is 2.40 bits per heavy atom. The van der Waals surface area contributed by atoms with E-state index in [1.807, 2.05) is 6.92 Å². The maximum Gasteiger partial charge on any atom is 0.134 e. The minimum absolute atomic E-state index is 0.0948. The van der Waals surface area contributed by atoms with Crippen molar-refractivity contribution in [2.45, 2.75) is 13.3 Å². The molecular weight excluding hydrogens is 150 g/mol. The van der Waals surface area contributed by atoms with Crippen molar-refractivity contribution in [1.29, 1.82) is 5.41 Å². The summed E-state index contributed by atoms with van der Waals surface area (Å²) in [5.41, 5.74) is 4.99. The van der Waals surface area contributed by atoms with E-state index >= 15 is 0 Å². The van der Waals surface area contributed by atoms with Gasteiger partial charge in [0.2, 0.25) is 0 Å². The molecule has 3 nitrogen and oxygen atoms in total. The lowest BCUT2D eigenvalue weighted by Gasteiger charge is -1.86. The standard InChI is InChI=1S/C6H10ClN3/c1-2-3-5(7)10-4-6(8)9/h3-4H,2H2,1H3,(H3,8,9)/b5-3-,10-4?. The van der Waals surface area contributed by atoms with Crippen LogP contribution in [0.2, 0.25) is 0 Å². The zero-order valence-corrected chi connectivity index (χ0v) is 6.52. The van der Waals surface area contributed by atoms with Gasteiger partial charge in [0.15, 0.2) is 0 Å². The Labute approximate surface area is 65.1 Å². The average Bonchev–Trinajstić information content (AvgIpc) is 1.85. The molecule has 10 heavy (non-hydrogen) atoms. The molecular formula is C6H10ClN3. The predicted molar refractivity (Wildman–Crippen MR) is 44.6 cm³/mol. The Kier molecular flexibility index (Phi) is 4.58. The van der Waals surface area contributed by atoms with E-state index in [-0.39, 0.29) is 5.84 Å². The first kappa shape index (κ1) is 9.17. The number of halogens is 1. The molecule has 0 amide bonds. The molecule has 4 heteroatoms. The van der Waals surface area contributed by atoms with Crippen molar-refractivity contribution in [2.24, 2.45) is 10.7 Å². The van der Waals surface area contributed by atoms with Crippen LogP contribution >= 0.6 is 11.6 Å². The minimum Gasteiger partial charge on any atom is -0.383 e. The van der Waals surface area contributed by atoms with Gasteiger partial charge < -0.3 is 5.73 Å². The molecule has 0 aromatic rings. The molecule has 0 fully saturated rings. The van der Waals surface area contributed by atoms with Gasteiger partial charge in [0.25, 0.3) is 0 Å². The molecule has 3 N–H and O–H groups in total. The van der Waals surface area contributed by atoms with E-state index in [2.05, 4.69) is 4.99 Å². The first-order valence-corrected chi connectivity index (χ1v) is 3.28. The van der Waals surface area contributed by atoms with Crippen LogP contribution in [0.1, 0.15) is 13.3 Å². The van der Waals surface area contributed by atoms with Crippen LogP contribution in [0.3, 0.4) is 0 Å². The monoisotopic (exact) mass is 159 g/mol. The highest BCUT2D eigenvalue weighted by Crippen LogP contribution is 2.02. The molecule has 0 aliphatic heterocycles. The summed E-state index contributed by atoms with van der Waals surface area (Å²) in [6.45, 7) is 1.95. The second-order valence-corrected chi connectivity index (χ2v) is 2.04. The molecule has 0 aliphatic rings. The molecule has 0 saturated carbocycles. The van der Waals surface area contributed by atoms with Gasteiger partial charge in [-0.05, 0) is 12.5 Å². The van der Waals surface area contributed by atoms with Gasteiger partial charge in [-0.25, -0.2) is 4.99 Å². The molecule has 0 radical (unpaired) electrons. The van der Waals surface area contributed by atoms with Gasteiger partial charge in [0.1, 0.15) is 11.0 Å². The van der Waals surface area contributed by atoms with E-state index in [0.29, 0.717) is 5.16 Å². The fourth-order valence-electron chi connectivity index (χ4n) is 0.352. The third kappa shape index (κ3) is 5.31. The Morgan fingerprint density at radius 1 is 1.80 bits per heavy atom. The quantitative estimate of drug-likeness (QED) is 0.366. The molecule has 0 rings (SSSR count). The summed E-state index contributed by atoms with van der Waals surface area (Å²) in [5, 5.41) is 7.14. The highest BCUT2D eigenvalue weighted by atomic mass is 35.5. The summed E-state index contributed by atoms with van der Waals surface area (Å²) in [4.78, 5) is 3.67. The topological polar surface area (TPSA) is 62.2 Å². The normalized spacial score (nSPS) is 12.4. The third-order valence-electron chi connectivity index (χ3n) is 0.700. The number of rotatable bonds is 3. The zero-order chi connectivity index (χ0) is 7.98. The fraction of sp³-hybridized carbons (Fsp3) is 0.333. The van der Waals surface area contributed by atoms with Gasteiger partial charge in [-0.2, -0.15) is 0 Å². The van der Waals surface area contributed by atoms with Gasteiger partial charge in [-0.1, -0.05) is 18.5 Å². The van der Waals surface area contributed by atoms with Gasteiger partial charge in [0.05, 0.1) is 6.21 Å². The minimum atomic E-state index is -0.0948. The maximum atomic E-state index is 6.76. The molecule has 0 saturated heterocycles. The van der Waals surface area contributed by atoms with Crippen LogP contribution in [-0.2, 0) is 0 Å². The van der Waals surface area contributed by atoms with Crippen LogP contribution in [0.5, 0.6) is 0 Å². The number of nitrogens with zero attached hydrogens (tertiary/aromatic N) is 1. The van der Waals surface area contributed by atoms with Crippen LogP contribution in [0.25, 0.3) is 0 Å². The Morgan fingerprint density at radius 3 is 2.80 bits per heavy atom. The summed E-state index contributed by atoms with van der Waals surface area (Å²) in [6, 6.07) is 0. The number of allylic oxidation sites excluding steroid dienone is 1. The zero-order valence-electron chi connectivity index (χ0n) is 5.76. The van der Waals surface area contributed by atoms with Gasteiger partial charge in [0, 0.05) is 0 Å². The summed E-state index contributed by atoms with van der Waals surface area (Å²) in [5.74, 6) is -0.0948. The fourth-order valence-corrected chi connectivity index (χ4v) is 0.555. The Balaban J connectivity index is 3.89. The van der Waals surface area contributed by atoms with Crippen molar-refractivity contribution in [1.82, 2.24) is 0 Å². The van der Waals surface area contributed by atoms with E-state index < -0.39 is 0 Å². The van der Waals surface area contributed by atoms with Crippen LogP contribution < -0.4 is 5.73 Å². The van der Waals surface area contributed by atoms with Crippen molar-refractivity contribution in [3.63, 3.8) is 0 Å². The maximum absolute atomic E-state index is 6.76. The lowest BCUT2D eigenvalue weighted by atomic mass is 10.5. The summed E-state index contributed by atoms with van der Waals surface area (Å²) in [6.07, 6.45) is 3.77. The molecule has 0 atom stereocenters. The largest absolute Gasteiger partial charge is 0.383 e. The molecule has 0 unspecified atom stereocenters. The molecule has 0 aromatic heterocycles. The average molecular weight is 160 g/mol. The lowest BCUT2D eigenvalue weighted by molar-refractivity contribution is 1.20. The number of nitrogens with two attached hydrogens (primary N) is 1. The Bertz CT molecular complexity index is 172. The molecule has 0 spiro atoms. The van der Waals surface area contributed by atoms with Crippen LogP contribution in [0.4, 0.5) is 0 Å². The van der Waals surface area contributed by atoms with Crippen molar-refractivity contribution >= 4 is 23.7 Å². The SMILES string of the molecule is CC/C=C(/Cl)N=CC(=N)N. The first-order valence-electron chi connectivity index (χ1n) is 2.90. The third-order valence-corrected chi connectivity index (χ3v) is 0.951. The number of aliphatic imine (C=N–C) groups is 1. The number of hydrogen-bond acceptors (Lipinski definition) is 2. The highest BCUT2D eigenvalue weighted by molar-refractivity contribution is 6.33. The first-order chi connectivity index (χ1) is 4.66. The van der Waals surface area contributed by atoms with Crippen molar-refractivity contribution in [3.8, 4) is 0 Å². The van der Waals surface area contributed by atoms with Crippen LogP contribution in [0, 0.1) is 5.41 Å². The van der Waals surface area contributed by atoms with Gasteiger partial charge in [-0.15, -0.1) is 0 Å². The molecule has 0 aliphatic carbocycles. The van der Waals surface area contributed by atoms with E-state index in [4.69, 9.17) is 22.7 Å². The Hall–Kier alpha value is -0.830. The van der Waals surface area contributed by atoms with E-state index in [1.54, 1.807) is 6.08 Å². The van der Waals surface area contributed by atoms with Crippen molar-refractivity contribution in [3.05, 3.63) is 11.2 Å². The van der Waals surface area contributed by atoms with Gasteiger partial charge >= 0.3 is 0 Å². The smallest absolute Gasteiger partial charge is 0.134 e. The summed E-state index contributed by atoms with van der Waals surface area (Å²) >= 11 is 5.54. The summed E-state index contributed by atoms with van der Waals surface area (Å²) in [7, 11) is 0. The van der Waals surface area contributed by atoms with Gasteiger partial charge in [-0.3, -0.25) is 5.41 Å². The predicted octanol–water partition coefficient (Wildman–Crippen LogP) is 1.48. The second-order valence-electron chi connectivity index (χ2n) is 1.65. The summed E-state index contributed by atoms with van der Waals surface area (Å²) < 4.78 is 0.